The number of carbonyl (C=O) groups is 1. The summed E-state index contributed by atoms with van der Waals surface area (Å²) in [4.78, 5) is 20.7. The fourth-order valence-electron chi connectivity index (χ4n) is 3.45. The summed E-state index contributed by atoms with van der Waals surface area (Å²) in [6, 6.07) is 10.7. The standard InChI is InChI=1S/C20H23FN4O/c21-17-6-1-2-7-18(17)24-10-12-25(13-11-24)19-9-8-16(14-22-19)23-20(26)15-4-3-5-15/h1-2,6-9,14-15H,3-5,10-13H2,(H,23,26). The van der Waals surface area contributed by atoms with Crippen molar-refractivity contribution >= 4 is 23.1 Å². The van der Waals surface area contributed by atoms with Gasteiger partial charge in [-0.2, -0.15) is 0 Å². The molecule has 2 heterocycles. The fourth-order valence-corrected chi connectivity index (χ4v) is 3.45. The van der Waals surface area contributed by atoms with Crippen molar-refractivity contribution in [1.29, 1.82) is 0 Å². The van der Waals surface area contributed by atoms with Crippen LogP contribution >= 0.6 is 0 Å². The van der Waals surface area contributed by atoms with Crippen molar-refractivity contribution in [3.63, 3.8) is 0 Å². The van der Waals surface area contributed by atoms with Crippen LogP contribution in [0.2, 0.25) is 0 Å². The molecular weight excluding hydrogens is 331 g/mol. The minimum Gasteiger partial charge on any atom is -0.366 e. The first-order valence-corrected chi connectivity index (χ1v) is 9.22. The molecule has 0 spiro atoms. The Hall–Kier alpha value is -2.63. The molecule has 0 radical (unpaired) electrons. The lowest BCUT2D eigenvalue weighted by molar-refractivity contribution is -0.122. The Kier molecular flexibility index (Phi) is 4.73. The van der Waals surface area contributed by atoms with Gasteiger partial charge in [0.25, 0.3) is 0 Å². The third-order valence-electron chi connectivity index (χ3n) is 5.29. The molecule has 0 bridgehead atoms. The normalized spacial score (nSPS) is 17.7. The van der Waals surface area contributed by atoms with E-state index in [-0.39, 0.29) is 17.6 Å². The molecule has 1 aliphatic carbocycles. The van der Waals surface area contributed by atoms with Gasteiger partial charge < -0.3 is 15.1 Å². The lowest BCUT2D eigenvalue weighted by Crippen LogP contribution is -2.47. The van der Waals surface area contributed by atoms with Gasteiger partial charge in [-0.3, -0.25) is 4.79 Å². The first-order chi connectivity index (χ1) is 12.7. The van der Waals surface area contributed by atoms with Crippen molar-refractivity contribution in [2.24, 2.45) is 5.92 Å². The number of benzene rings is 1. The van der Waals surface area contributed by atoms with Crippen LogP contribution in [0.1, 0.15) is 19.3 Å². The van der Waals surface area contributed by atoms with Crippen LogP contribution in [-0.2, 0) is 4.79 Å². The van der Waals surface area contributed by atoms with E-state index in [1.807, 2.05) is 24.3 Å². The van der Waals surface area contributed by atoms with Crippen LogP contribution in [0.25, 0.3) is 0 Å². The van der Waals surface area contributed by atoms with E-state index in [9.17, 15) is 9.18 Å². The van der Waals surface area contributed by atoms with Crippen molar-refractivity contribution in [2.75, 3.05) is 41.3 Å². The molecule has 0 unspecified atom stereocenters. The van der Waals surface area contributed by atoms with E-state index in [4.69, 9.17) is 0 Å². The molecule has 0 atom stereocenters. The molecule has 1 aromatic heterocycles. The Morgan fingerprint density at radius 2 is 1.77 bits per heavy atom. The third kappa shape index (κ3) is 3.49. The van der Waals surface area contributed by atoms with Gasteiger partial charge in [-0.05, 0) is 37.1 Å². The maximum absolute atomic E-state index is 13.9. The predicted molar refractivity (Wildman–Crippen MR) is 101 cm³/mol. The number of pyridine rings is 1. The number of rotatable bonds is 4. The highest BCUT2D eigenvalue weighted by molar-refractivity contribution is 5.92. The fraction of sp³-hybridized carbons (Fsp3) is 0.400. The van der Waals surface area contributed by atoms with E-state index in [2.05, 4.69) is 20.1 Å². The van der Waals surface area contributed by atoms with Gasteiger partial charge in [-0.25, -0.2) is 9.37 Å². The van der Waals surface area contributed by atoms with Gasteiger partial charge >= 0.3 is 0 Å². The van der Waals surface area contributed by atoms with Gasteiger partial charge in [0, 0.05) is 32.1 Å². The van der Waals surface area contributed by atoms with E-state index in [1.165, 1.54) is 6.07 Å². The van der Waals surface area contributed by atoms with E-state index < -0.39 is 0 Å². The van der Waals surface area contributed by atoms with Crippen LogP contribution in [0.4, 0.5) is 21.6 Å². The van der Waals surface area contributed by atoms with Crippen LogP contribution in [0.3, 0.4) is 0 Å². The summed E-state index contributed by atoms with van der Waals surface area (Å²) in [5, 5.41) is 2.94. The SMILES string of the molecule is O=C(Nc1ccc(N2CCN(c3ccccc3F)CC2)nc1)C1CCC1. The van der Waals surface area contributed by atoms with Gasteiger partial charge in [-0.1, -0.05) is 18.6 Å². The van der Waals surface area contributed by atoms with Crippen LogP contribution in [0.5, 0.6) is 0 Å². The zero-order valence-corrected chi connectivity index (χ0v) is 14.7. The van der Waals surface area contributed by atoms with Crippen molar-refractivity contribution in [1.82, 2.24) is 4.98 Å². The van der Waals surface area contributed by atoms with Gasteiger partial charge in [0.1, 0.15) is 11.6 Å². The zero-order chi connectivity index (χ0) is 17.9. The molecule has 4 rings (SSSR count). The molecule has 5 nitrogen and oxygen atoms in total. The largest absolute Gasteiger partial charge is 0.366 e. The number of anilines is 3. The number of nitrogens with one attached hydrogen (secondary N) is 1. The lowest BCUT2D eigenvalue weighted by Gasteiger charge is -2.36. The number of nitrogens with zero attached hydrogens (tertiary/aromatic N) is 3. The third-order valence-corrected chi connectivity index (χ3v) is 5.29. The molecule has 1 saturated carbocycles. The second-order valence-electron chi connectivity index (χ2n) is 6.95. The molecule has 1 aromatic carbocycles. The van der Waals surface area contributed by atoms with E-state index in [1.54, 1.807) is 12.3 Å². The lowest BCUT2D eigenvalue weighted by atomic mass is 9.85. The van der Waals surface area contributed by atoms with Crippen molar-refractivity contribution < 1.29 is 9.18 Å². The van der Waals surface area contributed by atoms with Crippen molar-refractivity contribution in [3.8, 4) is 0 Å². The number of hydrogen-bond donors (Lipinski definition) is 1. The second kappa shape index (κ2) is 7.32. The number of piperazine rings is 1. The Morgan fingerprint density at radius 1 is 1.04 bits per heavy atom. The maximum atomic E-state index is 13.9. The topological polar surface area (TPSA) is 48.5 Å². The summed E-state index contributed by atoms with van der Waals surface area (Å²) in [7, 11) is 0. The maximum Gasteiger partial charge on any atom is 0.227 e. The van der Waals surface area contributed by atoms with Crippen LogP contribution in [0.15, 0.2) is 42.6 Å². The summed E-state index contributed by atoms with van der Waals surface area (Å²) < 4.78 is 13.9. The van der Waals surface area contributed by atoms with Gasteiger partial charge in [0.15, 0.2) is 0 Å². The Balaban J connectivity index is 1.34. The zero-order valence-electron chi connectivity index (χ0n) is 14.7. The number of amides is 1. The summed E-state index contributed by atoms with van der Waals surface area (Å²) in [6.07, 6.45) is 4.84. The number of carbonyl (C=O) groups excluding carboxylic acids is 1. The Morgan fingerprint density at radius 3 is 2.38 bits per heavy atom. The molecule has 1 saturated heterocycles. The predicted octanol–water partition coefficient (Wildman–Crippen LogP) is 3.29. The summed E-state index contributed by atoms with van der Waals surface area (Å²) >= 11 is 0. The number of aromatic nitrogens is 1. The first kappa shape index (κ1) is 16.8. The van der Waals surface area contributed by atoms with Crippen molar-refractivity contribution in [3.05, 3.63) is 48.4 Å². The molecule has 26 heavy (non-hydrogen) atoms. The van der Waals surface area contributed by atoms with Gasteiger partial charge in [0.05, 0.1) is 17.6 Å². The molecule has 1 aliphatic heterocycles. The Labute approximate surface area is 152 Å². The second-order valence-corrected chi connectivity index (χ2v) is 6.95. The number of halogens is 1. The first-order valence-electron chi connectivity index (χ1n) is 9.22. The molecule has 2 fully saturated rings. The van der Waals surface area contributed by atoms with Gasteiger partial charge in [0.2, 0.25) is 5.91 Å². The quantitative estimate of drug-likeness (QED) is 0.915. The van der Waals surface area contributed by atoms with Crippen molar-refractivity contribution in [2.45, 2.75) is 19.3 Å². The van der Waals surface area contributed by atoms with E-state index in [0.29, 0.717) is 5.69 Å². The highest BCUT2D eigenvalue weighted by Crippen LogP contribution is 2.28. The molecule has 6 heteroatoms. The smallest absolute Gasteiger partial charge is 0.227 e. The van der Waals surface area contributed by atoms with E-state index >= 15 is 0 Å². The molecule has 1 N–H and O–H groups in total. The summed E-state index contributed by atoms with van der Waals surface area (Å²) in [5.74, 6) is 0.982. The van der Waals surface area contributed by atoms with E-state index in [0.717, 1.165) is 56.9 Å². The Bertz CT molecular complexity index is 768. The molecular formula is C20H23FN4O. The van der Waals surface area contributed by atoms with Crippen LogP contribution in [0, 0.1) is 11.7 Å². The highest BCUT2D eigenvalue weighted by Gasteiger charge is 2.25. The van der Waals surface area contributed by atoms with Gasteiger partial charge in [-0.15, -0.1) is 0 Å². The molecule has 2 aliphatic rings. The molecule has 1 amide bonds. The summed E-state index contributed by atoms with van der Waals surface area (Å²) in [5.41, 5.74) is 1.41. The summed E-state index contributed by atoms with van der Waals surface area (Å²) in [6.45, 7) is 3.08. The monoisotopic (exact) mass is 354 g/mol. The minimum absolute atomic E-state index is 0.101. The average Bonchev–Trinajstić information content (AvgIpc) is 2.61. The van der Waals surface area contributed by atoms with Crippen LogP contribution in [-0.4, -0.2) is 37.1 Å². The van der Waals surface area contributed by atoms with Crippen LogP contribution < -0.4 is 15.1 Å². The minimum atomic E-state index is -0.175. The highest BCUT2D eigenvalue weighted by atomic mass is 19.1. The average molecular weight is 354 g/mol. The molecule has 136 valence electrons. The number of para-hydroxylation sites is 1. The number of hydrogen-bond acceptors (Lipinski definition) is 4. The molecule has 2 aromatic rings.